The van der Waals surface area contributed by atoms with E-state index in [1.165, 1.54) is 53.7 Å². The monoisotopic (exact) mass is 1980 g/mol. The predicted octanol–water partition coefficient (Wildman–Crippen LogP) is 16.3. The molecule has 15 heterocycles. The van der Waals surface area contributed by atoms with Crippen LogP contribution in [0.4, 0.5) is 65.9 Å². The number of H-pyrrole nitrogens is 5. The summed E-state index contributed by atoms with van der Waals surface area (Å²) in [7, 11) is -1.41. The summed E-state index contributed by atoms with van der Waals surface area (Å²) in [6.45, 7) is 13.6. The van der Waals surface area contributed by atoms with Gasteiger partial charge >= 0.3 is 30.9 Å². The average Bonchev–Trinajstić information content (AvgIpc) is 1.62. The molecule has 5 aromatic heterocycles. The summed E-state index contributed by atoms with van der Waals surface area (Å²) in [5, 5.41) is 38.2. The molecule has 6 amide bonds. The number of carbonyl (C=O) groups is 6. The van der Waals surface area contributed by atoms with Crippen LogP contribution >= 0.6 is 0 Å². The number of benzene rings is 5. The van der Waals surface area contributed by atoms with Crippen molar-refractivity contribution in [2.45, 2.75) is 204 Å². The fraction of sp³-hybridized carbons (Fsp3) is 0.469. The van der Waals surface area contributed by atoms with E-state index in [-0.39, 0.29) is 89.4 Å². The molecule has 5 aromatic carbocycles. The third-order valence-corrected chi connectivity index (χ3v) is 29.4. The van der Waals surface area contributed by atoms with Crippen molar-refractivity contribution in [3.8, 4) is 0 Å². The van der Waals surface area contributed by atoms with E-state index < -0.39 is 68.7 Å². The summed E-state index contributed by atoms with van der Waals surface area (Å²) in [6, 6.07) is 28.5. The number of nitrogens with one attached hydrogen (secondary N) is 6. The third kappa shape index (κ3) is 22.1. The van der Waals surface area contributed by atoms with Crippen LogP contribution < -0.4 is 5.32 Å². The molecule has 0 radical (unpaired) electrons. The highest BCUT2D eigenvalue weighted by atomic mass is 32.2. The number of hydrogen-bond donors (Lipinski definition) is 6. The highest BCUT2D eigenvalue weighted by Gasteiger charge is 2.46. The van der Waals surface area contributed by atoms with Gasteiger partial charge in [0.1, 0.15) is 0 Å². The summed E-state index contributed by atoms with van der Waals surface area (Å²) in [6.07, 6.45) is -15.9. The predicted molar refractivity (Wildman–Crippen MR) is 479 cm³/mol. The molecule has 0 atom stereocenters. The lowest BCUT2D eigenvalue weighted by molar-refractivity contribution is -0.139. The first-order chi connectivity index (χ1) is 66.5. The van der Waals surface area contributed by atoms with Crippen LogP contribution in [0.25, 0.3) is 0 Å². The van der Waals surface area contributed by atoms with Crippen molar-refractivity contribution in [1.82, 2.24) is 99.8 Å². The maximum absolute atomic E-state index is 13.3. The molecule has 0 aliphatic carbocycles. The van der Waals surface area contributed by atoms with Crippen LogP contribution in [0, 0.1) is 0 Å². The summed E-state index contributed by atoms with van der Waals surface area (Å²) in [5.41, 5.74) is 8.79. The van der Waals surface area contributed by atoms with Crippen LogP contribution in [0.3, 0.4) is 0 Å². The molecular weight excluding hydrogens is 1880 g/mol. The number of rotatable bonds is 12. The van der Waals surface area contributed by atoms with Gasteiger partial charge in [0.2, 0.25) is 15.9 Å². The van der Waals surface area contributed by atoms with Gasteiger partial charge in [-0.1, -0.05) is 97.9 Å². The molecule has 44 heteroatoms. The molecule has 5 fully saturated rings. The SMILES string of the molecule is CC(=O)N1Cc2[nH]nc(C(=O)N3CCC(c4ccccc4C(F)(F)F)CC3)c2C1.CCN1Cc2[nH]nc(C(=O)N3CCC(c4ccccc4C(F)(F)F)CC3)c2C1.CN1Cc2[nH]nc(C(=O)N3CCC(c4ccccc4C(F)(F)F)CC3)c2C1.CS(=O)(=O)N1Cc2[nH]nc(C(=O)N3CCC(c4ccccc4C(F)(F)F)CC3)c2C1.O=C(c1n[nH]c2c1CNC2)N1CCC(c2ccccc2C(F)(F)F)CC1. The number of hydrogen-bond acceptors (Lipinski definition) is 16. The Kier molecular flexibility index (Phi) is 29.6. The number of halogens is 15. The Bertz CT molecular complexity index is 6300. The van der Waals surface area contributed by atoms with Crippen LogP contribution in [0.1, 0.15) is 272 Å². The van der Waals surface area contributed by atoms with E-state index in [0.29, 0.717) is 225 Å². The smallest absolute Gasteiger partial charge is 0.337 e. The standard InChI is InChI=1S/C20H21F3N4O2.C20H23F3N4O.C19H21F3N4O3S.C19H21F3N4O.C18H19F3N4O/c1-12(28)27-10-15-17(11-27)24-25-18(15)19(29)26-8-6-13(7-9-26)14-4-2-3-5-16(14)20(21,22)23;1-2-26-11-15-17(12-26)24-25-18(15)19(28)27-9-7-13(8-10-27)14-5-3-4-6-16(14)20(21,22)23;1-30(28,29)26-10-14-16(11-26)23-24-17(14)18(27)25-8-6-12(7-9-25)13-4-2-3-5-15(13)19(20,21)22;1-25-10-14-16(11-25)23-24-17(14)18(27)26-8-6-12(7-9-26)13-4-2-3-5-15(13)19(20,21)22;19-18(20,21)14-4-2-1-3-12(14)11-5-7-25(8-6-11)17(26)16-13-9-22-10-15(13)23-24-16/h2-5,13H,6-11H2,1H3,(H,24,25);3-6,13H,2,7-12H2,1H3,(H,24,25);2-5,12H,6-11H2,1H3,(H,23,24);2-5,12H,6-11H2,1H3,(H,23,24);1-4,11,22H,5-10H2,(H,23,24). The number of aromatic nitrogens is 10. The number of carbonyl (C=O) groups excluding carboxylic acids is 6. The average molecular weight is 1980 g/mol. The second-order valence-corrected chi connectivity index (χ2v) is 38.9. The fourth-order valence-corrected chi connectivity index (χ4v) is 21.4. The zero-order chi connectivity index (χ0) is 99.8. The zero-order valence-electron chi connectivity index (χ0n) is 77.0. The number of fused-ring (bicyclic) bond motifs is 5. The van der Waals surface area contributed by atoms with Crippen molar-refractivity contribution in [3.05, 3.63) is 262 Å². The van der Waals surface area contributed by atoms with Crippen molar-refractivity contribution in [3.63, 3.8) is 0 Å². The minimum atomic E-state index is -4.41. The molecule has 6 N–H and O–H groups in total. The number of alkyl halides is 15. The third-order valence-electron chi connectivity index (χ3n) is 28.2. The first-order valence-corrected chi connectivity index (χ1v) is 48.2. The second kappa shape index (κ2) is 41.1. The lowest BCUT2D eigenvalue weighted by Crippen LogP contribution is -2.39. The molecule has 0 bridgehead atoms. The Morgan fingerprint density at radius 1 is 0.321 bits per heavy atom. The molecule has 10 aliphatic rings. The summed E-state index contributed by atoms with van der Waals surface area (Å²) < 4.78 is 224. The van der Waals surface area contributed by atoms with Crippen LogP contribution in [-0.2, 0) is 111 Å². The molecule has 28 nitrogen and oxygen atoms in total. The largest absolute Gasteiger partial charge is 0.416 e. The van der Waals surface area contributed by atoms with Gasteiger partial charge in [-0.25, -0.2) is 8.42 Å². The normalized spacial score (nSPS) is 18.3. The van der Waals surface area contributed by atoms with E-state index in [2.05, 4.69) is 73.0 Å². The number of piperidine rings is 5. The number of likely N-dealkylation sites (tertiary alicyclic amines) is 5. The van der Waals surface area contributed by atoms with Gasteiger partial charge in [0.15, 0.2) is 28.5 Å². The van der Waals surface area contributed by atoms with Gasteiger partial charge in [-0.05, 0) is 166 Å². The molecular formula is C96H105F15N20O8S. The number of amides is 6. The van der Waals surface area contributed by atoms with Crippen molar-refractivity contribution in [1.29, 1.82) is 0 Å². The topological polar surface area (TPSA) is 321 Å². The van der Waals surface area contributed by atoms with Gasteiger partial charge in [-0.2, -0.15) is 95.7 Å². The van der Waals surface area contributed by atoms with E-state index in [4.69, 9.17) is 0 Å². The van der Waals surface area contributed by atoms with Gasteiger partial charge < -0.3 is 34.7 Å². The minimum absolute atomic E-state index is 0.0721. The van der Waals surface area contributed by atoms with Crippen molar-refractivity contribution >= 4 is 45.5 Å². The highest BCUT2D eigenvalue weighted by molar-refractivity contribution is 7.88. The van der Waals surface area contributed by atoms with Gasteiger partial charge in [0.25, 0.3) is 29.5 Å². The van der Waals surface area contributed by atoms with E-state index in [9.17, 15) is 103 Å². The van der Waals surface area contributed by atoms with E-state index in [1.807, 2.05) is 7.05 Å². The van der Waals surface area contributed by atoms with Crippen molar-refractivity contribution in [2.24, 2.45) is 0 Å². The summed E-state index contributed by atoms with van der Waals surface area (Å²) in [4.78, 5) is 90.2. The molecule has 0 saturated carbocycles. The second-order valence-electron chi connectivity index (χ2n) is 36.9. The fourth-order valence-electron chi connectivity index (χ4n) is 20.6. The number of sulfonamides is 1. The van der Waals surface area contributed by atoms with Gasteiger partial charge in [0, 0.05) is 146 Å². The van der Waals surface area contributed by atoms with Crippen LogP contribution in [0.15, 0.2) is 121 Å². The summed E-state index contributed by atoms with van der Waals surface area (Å²) >= 11 is 0. The Morgan fingerprint density at radius 2 is 0.579 bits per heavy atom. The van der Waals surface area contributed by atoms with Crippen molar-refractivity contribution in [2.75, 3.05) is 85.3 Å². The highest BCUT2D eigenvalue weighted by Crippen LogP contribution is 2.47. The molecule has 748 valence electrons. The first kappa shape index (κ1) is 101. The maximum Gasteiger partial charge on any atom is 0.416 e. The first-order valence-electron chi connectivity index (χ1n) is 46.4. The van der Waals surface area contributed by atoms with Crippen LogP contribution in [0.5, 0.6) is 0 Å². The molecule has 5 saturated heterocycles. The van der Waals surface area contributed by atoms with Gasteiger partial charge in [-0.15, -0.1) is 0 Å². The van der Waals surface area contributed by atoms with Crippen molar-refractivity contribution < 1.29 is 103 Å². The number of nitrogens with zero attached hydrogens (tertiary/aromatic N) is 14. The lowest BCUT2D eigenvalue weighted by atomic mass is 9.86. The van der Waals surface area contributed by atoms with Gasteiger partial charge in [-0.3, -0.25) is 64.1 Å². The summed E-state index contributed by atoms with van der Waals surface area (Å²) in [5.74, 6) is -2.14. The van der Waals surface area contributed by atoms with E-state index >= 15 is 0 Å². The minimum Gasteiger partial charge on any atom is -0.337 e. The lowest BCUT2D eigenvalue weighted by Gasteiger charge is -2.33. The number of aromatic amines is 5. The quantitative estimate of drug-likeness (QED) is 0.0619. The van der Waals surface area contributed by atoms with Crippen LogP contribution in [-0.4, -0.2) is 224 Å². The molecule has 10 aliphatic heterocycles. The maximum atomic E-state index is 13.3. The van der Waals surface area contributed by atoms with E-state index in [1.54, 1.807) is 77.9 Å². The molecule has 0 spiro atoms. The van der Waals surface area contributed by atoms with Gasteiger partial charge in [0.05, 0.1) is 82.2 Å². The van der Waals surface area contributed by atoms with E-state index in [0.717, 1.165) is 101 Å². The molecule has 20 rings (SSSR count). The molecule has 140 heavy (non-hydrogen) atoms. The van der Waals surface area contributed by atoms with Crippen LogP contribution in [0.2, 0.25) is 0 Å². The Morgan fingerprint density at radius 3 is 0.871 bits per heavy atom. The Balaban J connectivity index is 0.000000126. The zero-order valence-corrected chi connectivity index (χ0v) is 77.8. The Labute approximate surface area is 795 Å². The Hall–Kier alpha value is -12.3. The molecule has 10 aromatic rings. The molecule has 0 unspecified atom stereocenters.